The Morgan fingerprint density at radius 2 is 1.94 bits per heavy atom. The van der Waals surface area contributed by atoms with E-state index in [0.717, 1.165) is 37.8 Å². The number of aromatic nitrogens is 4. The zero-order valence-corrected chi connectivity index (χ0v) is 17.2. The number of nitrogens with zero attached hydrogens (tertiary/aromatic N) is 4. The predicted molar refractivity (Wildman–Crippen MR) is 114 cm³/mol. The number of H-pyrrole nitrogens is 1. The van der Waals surface area contributed by atoms with Crippen LogP contribution in [0.15, 0.2) is 33.6 Å². The Labute approximate surface area is 177 Å². The fraction of sp³-hybridized carbons (Fsp3) is 0.391. The summed E-state index contributed by atoms with van der Waals surface area (Å²) in [6.45, 7) is 3.79. The maximum absolute atomic E-state index is 14.4. The summed E-state index contributed by atoms with van der Waals surface area (Å²) in [5.41, 5.74) is 1.93. The van der Waals surface area contributed by atoms with Crippen molar-refractivity contribution in [3.8, 4) is 11.3 Å². The molecule has 4 aromatic rings. The van der Waals surface area contributed by atoms with Crippen LogP contribution in [-0.2, 0) is 0 Å². The van der Waals surface area contributed by atoms with Crippen LogP contribution in [0.4, 0.5) is 4.39 Å². The van der Waals surface area contributed by atoms with Crippen molar-refractivity contribution in [3.05, 3.63) is 52.3 Å². The molecule has 6 rings (SSSR count). The molecule has 1 aliphatic carbocycles. The lowest BCUT2D eigenvalue weighted by molar-refractivity contribution is 0.200. The molecule has 7 nitrogen and oxygen atoms in total. The molecule has 31 heavy (non-hydrogen) atoms. The summed E-state index contributed by atoms with van der Waals surface area (Å²) in [7, 11) is 0. The van der Waals surface area contributed by atoms with Gasteiger partial charge in [-0.25, -0.2) is 14.4 Å². The van der Waals surface area contributed by atoms with Crippen molar-refractivity contribution >= 4 is 22.0 Å². The van der Waals surface area contributed by atoms with Crippen LogP contribution in [0.2, 0.25) is 0 Å². The normalized spacial score (nSPS) is 18.3. The van der Waals surface area contributed by atoms with E-state index in [1.807, 2.05) is 0 Å². The van der Waals surface area contributed by atoms with Gasteiger partial charge in [0.1, 0.15) is 11.3 Å². The Morgan fingerprint density at radius 1 is 1.13 bits per heavy atom. The van der Waals surface area contributed by atoms with E-state index in [-0.39, 0.29) is 17.0 Å². The second-order valence-corrected chi connectivity index (χ2v) is 8.62. The highest BCUT2D eigenvalue weighted by Gasteiger charge is 2.32. The van der Waals surface area contributed by atoms with E-state index in [2.05, 4.69) is 19.9 Å². The fourth-order valence-corrected chi connectivity index (χ4v) is 4.64. The van der Waals surface area contributed by atoms with Crippen LogP contribution < -0.4 is 5.56 Å². The molecule has 0 spiro atoms. The predicted octanol–water partition coefficient (Wildman–Crippen LogP) is 3.92. The summed E-state index contributed by atoms with van der Waals surface area (Å²) in [5, 5.41) is 0.443. The molecule has 2 aliphatic rings. The first-order chi connectivity index (χ1) is 15.0. The highest BCUT2D eigenvalue weighted by Crippen LogP contribution is 2.34. The third kappa shape index (κ3) is 3.31. The maximum atomic E-state index is 14.4. The van der Waals surface area contributed by atoms with E-state index in [1.54, 1.807) is 25.3 Å². The molecular formula is C23H22FN5O2. The lowest BCUT2D eigenvalue weighted by Crippen LogP contribution is -2.35. The smallest absolute Gasteiger partial charge is 0.258 e. The number of aryl methyl sites for hydroxylation is 1. The third-order valence-electron chi connectivity index (χ3n) is 6.44. The Morgan fingerprint density at radius 3 is 2.71 bits per heavy atom. The van der Waals surface area contributed by atoms with Gasteiger partial charge in [-0.1, -0.05) is 0 Å². The fourth-order valence-electron chi connectivity index (χ4n) is 4.64. The van der Waals surface area contributed by atoms with Gasteiger partial charge >= 0.3 is 0 Å². The minimum absolute atomic E-state index is 0.190. The molecule has 0 amide bonds. The number of aromatic amines is 1. The minimum Gasteiger partial charge on any atom is -0.441 e. The second-order valence-electron chi connectivity index (χ2n) is 8.62. The maximum Gasteiger partial charge on any atom is 0.258 e. The minimum atomic E-state index is -0.480. The molecule has 0 radical (unpaired) electrons. The number of piperidine rings is 1. The molecular weight excluding hydrogens is 397 g/mol. The first-order valence-electron chi connectivity index (χ1n) is 10.8. The van der Waals surface area contributed by atoms with Gasteiger partial charge in [-0.15, -0.1) is 0 Å². The number of oxazole rings is 1. The van der Waals surface area contributed by atoms with E-state index < -0.39 is 5.82 Å². The lowest BCUT2D eigenvalue weighted by Gasteiger charge is -2.31. The van der Waals surface area contributed by atoms with Crippen molar-refractivity contribution < 1.29 is 8.81 Å². The van der Waals surface area contributed by atoms with Gasteiger partial charge in [0.2, 0.25) is 0 Å². The Kier molecular flexibility index (Phi) is 4.17. The van der Waals surface area contributed by atoms with Crippen LogP contribution in [0.5, 0.6) is 0 Å². The zero-order chi connectivity index (χ0) is 21.1. The number of nitrogens with one attached hydrogen (secondary N) is 1. The van der Waals surface area contributed by atoms with Crippen LogP contribution in [0.25, 0.3) is 33.3 Å². The summed E-state index contributed by atoms with van der Waals surface area (Å²) in [6.07, 6.45) is 6.24. The van der Waals surface area contributed by atoms with Gasteiger partial charge < -0.3 is 14.3 Å². The van der Waals surface area contributed by atoms with Crippen molar-refractivity contribution in [1.82, 2.24) is 24.8 Å². The average Bonchev–Trinajstić information content (AvgIpc) is 3.55. The van der Waals surface area contributed by atoms with Gasteiger partial charge in [-0.3, -0.25) is 9.78 Å². The van der Waals surface area contributed by atoms with Crippen molar-refractivity contribution in [1.29, 1.82) is 0 Å². The van der Waals surface area contributed by atoms with Crippen LogP contribution in [0, 0.1) is 12.7 Å². The molecule has 0 bridgehead atoms. The van der Waals surface area contributed by atoms with E-state index >= 15 is 0 Å². The summed E-state index contributed by atoms with van der Waals surface area (Å²) in [4.78, 5) is 31.6. The topological polar surface area (TPSA) is 87.9 Å². The van der Waals surface area contributed by atoms with Gasteiger partial charge in [0.15, 0.2) is 17.3 Å². The van der Waals surface area contributed by atoms with Crippen LogP contribution >= 0.6 is 0 Å². The van der Waals surface area contributed by atoms with E-state index in [4.69, 9.17) is 9.40 Å². The molecule has 4 heterocycles. The number of halogens is 1. The van der Waals surface area contributed by atoms with Crippen LogP contribution in [0.1, 0.15) is 43.3 Å². The molecule has 158 valence electrons. The first-order valence-corrected chi connectivity index (χ1v) is 10.8. The molecule has 2 fully saturated rings. The van der Waals surface area contributed by atoms with Gasteiger partial charge in [-0.2, -0.15) is 0 Å². The van der Waals surface area contributed by atoms with E-state index in [1.165, 1.54) is 18.9 Å². The Bertz CT molecular complexity index is 1370. The monoisotopic (exact) mass is 419 g/mol. The molecule has 3 aromatic heterocycles. The largest absolute Gasteiger partial charge is 0.441 e. The molecule has 1 aromatic carbocycles. The van der Waals surface area contributed by atoms with Gasteiger partial charge in [0.25, 0.3) is 5.56 Å². The van der Waals surface area contributed by atoms with Gasteiger partial charge in [-0.05, 0) is 57.0 Å². The molecule has 1 aliphatic heterocycles. The number of likely N-dealkylation sites (tertiary alicyclic amines) is 1. The third-order valence-corrected chi connectivity index (χ3v) is 6.44. The van der Waals surface area contributed by atoms with Crippen LogP contribution in [0.3, 0.4) is 0 Å². The summed E-state index contributed by atoms with van der Waals surface area (Å²) < 4.78 is 19.9. The number of pyridine rings is 1. The molecule has 8 heteroatoms. The number of hydrogen-bond acceptors (Lipinski definition) is 6. The SMILES string of the molecule is Cc1nc2c(F)cc(-c3cc4c(=O)[nH]c(C5CCN(C6CC6)CC5)nc4cn3)cc2o1. The second kappa shape index (κ2) is 6.95. The Balaban J connectivity index is 1.34. The van der Waals surface area contributed by atoms with Crippen LogP contribution in [-0.4, -0.2) is 44.0 Å². The van der Waals surface area contributed by atoms with Crippen molar-refractivity contribution in [2.45, 2.75) is 44.6 Å². The number of benzene rings is 1. The van der Waals surface area contributed by atoms with Crippen molar-refractivity contribution in [2.75, 3.05) is 13.1 Å². The summed E-state index contributed by atoms with van der Waals surface area (Å²) in [6, 6.07) is 5.49. The Hall–Kier alpha value is -3.13. The molecule has 1 saturated heterocycles. The summed E-state index contributed by atoms with van der Waals surface area (Å²) >= 11 is 0. The quantitative estimate of drug-likeness (QED) is 0.542. The standard InChI is InChI=1S/C23H22FN5O2/c1-12-26-21-17(24)8-14(9-20(21)31-12)18-10-16-19(11-25-18)27-22(28-23(16)30)13-4-6-29(7-5-13)15-2-3-15/h8-11,13,15H,2-7H2,1H3,(H,27,28,30). The lowest BCUT2D eigenvalue weighted by atomic mass is 9.95. The molecule has 0 atom stereocenters. The number of rotatable bonds is 3. The zero-order valence-electron chi connectivity index (χ0n) is 17.2. The molecule has 0 unspecified atom stereocenters. The average molecular weight is 419 g/mol. The molecule has 1 N–H and O–H groups in total. The van der Waals surface area contributed by atoms with Crippen molar-refractivity contribution in [2.24, 2.45) is 0 Å². The van der Waals surface area contributed by atoms with Gasteiger partial charge in [0, 0.05) is 24.4 Å². The number of fused-ring (bicyclic) bond motifs is 2. The molecule has 1 saturated carbocycles. The summed E-state index contributed by atoms with van der Waals surface area (Å²) in [5.74, 6) is 0.921. The van der Waals surface area contributed by atoms with E-state index in [0.29, 0.717) is 33.6 Å². The highest BCUT2D eigenvalue weighted by atomic mass is 19.1. The highest BCUT2D eigenvalue weighted by molar-refractivity contribution is 5.84. The first kappa shape index (κ1) is 18.6. The van der Waals surface area contributed by atoms with Gasteiger partial charge in [0.05, 0.1) is 22.8 Å². The van der Waals surface area contributed by atoms with Crippen molar-refractivity contribution in [3.63, 3.8) is 0 Å². The number of hydrogen-bond donors (Lipinski definition) is 1. The van der Waals surface area contributed by atoms with E-state index in [9.17, 15) is 9.18 Å².